The van der Waals surface area contributed by atoms with E-state index in [1.54, 1.807) is 6.07 Å². The Labute approximate surface area is 127 Å². The van der Waals surface area contributed by atoms with Gasteiger partial charge in [-0.3, -0.25) is 5.32 Å². The monoisotopic (exact) mass is 301 g/mol. The van der Waals surface area contributed by atoms with E-state index < -0.39 is 12.1 Å². The van der Waals surface area contributed by atoms with Gasteiger partial charge in [0.15, 0.2) is 0 Å². The number of rotatable bonds is 5. The quantitative estimate of drug-likeness (QED) is 0.886. The van der Waals surface area contributed by atoms with E-state index in [1.807, 2.05) is 30.3 Å². The van der Waals surface area contributed by atoms with Crippen molar-refractivity contribution in [1.82, 2.24) is 0 Å². The third-order valence-electron chi connectivity index (χ3n) is 2.91. The summed E-state index contributed by atoms with van der Waals surface area (Å²) in [5.74, 6) is -1.04. The number of aromatic carboxylic acids is 1. The Morgan fingerprint density at radius 3 is 2.45 bits per heavy atom. The van der Waals surface area contributed by atoms with Crippen LogP contribution in [0.4, 0.5) is 10.5 Å². The second-order valence-electron chi connectivity index (χ2n) is 4.37. The molecule has 0 saturated heterocycles. The van der Waals surface area contributed by atoms with E-state index in [4.69, 9.17) is 9.47 Å². The highest BCUT2D eigenvalue weighted by molar-refractivity contribution is 6.01. The Balaban J connectivity index is 2.07. The first kappa shape index (κ1) is 15.4. The van der Waals surface area contributed by atoms with Gasteiger partial charge in [0.25, 0.3) is 0 Å². The van der Waals surface area contributed by atoms with Crippen LogP contribution in [0.5, 0.6) is 5.75 Å². The molecule has 0 aliphatic carbocycles. The number of amides is 1. The predicted molar refractivity (Wildman–Crippen MR) is 80.2 cm³/mol. The molecule has 0 aliphatic heterocycles. The van der Waals surface area contributed by atoms with Crippen LogP contribution in [-0.2, 0) is 11.3 Å². The smallest absolute Gasteiger partial charge is 0.411 e. The first-order valence-corrected chi connectivity index (χ1v) is 6.50. The van der Waals surface area contributed by atoms with Crippen molar-refractivity contribution in [2.75, 3.05) is 12.4 Å². The predicted octanol–water partition coefficient (Wildman–Crippen LogP) is 3.14. The van der Waals surface area contributed by atoms with Crippen LogP contribution >= 0.6 is 0 Å². The van der Waals surface area contributed by atoms with Gasteiger partial charge < -0.3 is 14.6 Å². The fraction of sp³-hybridized carbons (Fsp3) is 0.125. The van der Waals surface area contributed by atoms with Gasteiger partial charge in [-0.1, -0.05) is 36.4 Å². The van der Waals surface area contributed by atoms with Crippen LogP contribution in [0.2, 0.25) is 0 Å². The average Bonchev–Trinajstić information content (AvgIpc) is 2.53. The van der Waals surface area contributed by atoms with Crippen molar-refractivity contribution in [2.45, 2.75) is 6.61 Å². The molecular formula is C16H15NO5. The lowest BCUT2D eigenvalue weighted by Gasteiger charge is -2.12. The van der Waals surface area contributed by atoms with Gasteiger partial charge in [0.2, 0.25) is 0 Å². The van der Waals surface area contributed by atoms with E-state index in [0.717, 1.165) is 5.56 Å². The summed E-state index contributed by atoms with van der Waals surface area (Å²) in [5, 5.41) is 11.6. The maximum Gasteiger partial charge on any atom is 0.411 e. The normalized spacial score (nSPS) is 9.86. The van der Waals surface area contributed by atoms with Crippen molar-refractivity contribution in [3.05, 3.63) is 59.7 Å². The van der Waals surface area contributed by atoms with E-state index in [9.17, 15) is 14.7 Å². The number of anilines is 1. The van der Waals surface area contributed by atoms with Gasteiger partial charge in [-0.15, -0.1) is 0 Å². The van der Waals surface area contributed by atoms with Crippen molar-refractivity contribution in [2.24, 2.45) is 0 Å². The molecule has 2 aromatic rings. The lowest BCUT2D eigenvalue weighted by atomic mass is 10.1. The first-order valence-electron chi connectivity index (χ1n) is 6.50. The summed E-state index contributed by atoms with van der Waals surface area (Å²) in [7, 11) is 1.36. The molecule has 2 aromatic carbocycles. The molecule has 114 valence electrons. The molecule has 0 unspecified atom stereocenters. The molecule has 6 nitrogen and oxygen atoms in total. The Morgan fingerprint density at radius 1 is 1.09 bits per heavy atom. The topological polar surface area (TPSA) is 84.9 Å². The maximum atomic E-state index is 11.8. The number of nitrogens with one attached hydrogen (secondary N) is 1. The highest BCUT2D eigenvalue weighted by atomic mass is 16.5. The Bertz CT molecular complexity index is 669. The number of ether oxygens (including phenoxy) is 2. The Morgan fingerprint density at radius 2 is 1.82 bits per heavy atom. The molecule has 22 heavy (non-hydrogen) atoms. The highest BCUT2D eigenvalue weighted by Gasteiger charge is 2.18. The molecule has 1 amide bonds. The maximum absolute atomic E-state index is 11.8. The van der Waals surface area contributed by atoms with Gasteiger partial charge in [0.05, 0.1) is 12.8 Å². The summed E-state index contributed by atoms with van der Waals surface area (Å²) in [6.07, 6.45) is -0.736. The second kappa shape index (κ2) is 7.12. The lowest BCUT2D eigenvalue weighted by Crippen LogP contribution is -2.16. The summed E-state index contributed by atoms with van der Waals surface area (Å²) in [6, 6.07) is 13.7. The molecule has 0 heterocycles. The standard InChI is InChI=1S/C16H15NO5/c1-21-13-9-5-8-12(14(13)15(18)19)17-16(20)22-10-11-6-3-2-4-7-11/h2-9H,10H2,1H3,(H,17,20)(H,18,19). The average molecular weight is 301 g/mol. The number of methoxy groups -OCH3 is 1. The number of hydrogen-bond donors (Lipinski definition) is 2. The largest absolute Gasteiger partial charge is 0.496 e. The summed E-state index contributed by atoms with van der Waals surface area (Å²) >= 11 is 0. The van der Waals surface area contributed by atoms with Crippen LogP contribution < -0.4 is 10.1 Å². The van der Waals surface area contributed by atoms with Crippen LogP contribution in [0.3, 0.4) is 0 Å². The second-order valence-corrected chi connectivity index (χ2v) is 4.37. The number of carbonyl (C=O) groups excluding carboxylic acids is 1. The molecule has 0 atom stereocenters. The molecule has 0 fully saturated rings. The minimum Gasteiger partial charge on any atom is -0.496 e. The minimum absolute atomic E-state index is 0.0963. The molecule has 0 spiro atoms. The molecule has 0 radical (unpaired) electrons. The molecule has 0 aliphatic rings. The van der Waals surface area contributed by atoms with Crippen molar-refractivity contribution in [3.8, 4) is 5.75 Å². The van der Waals surface area contributed by atoms with Crippen molar-refractivity contribution < 1.29 is 24.2 Å². The summed E-state index contributed by atoms with van der Waals surface area (Å²) in [6.45, 7) is 0.0963. The lowest BCUT2D eigenvalue weighted by molar-refractivity contribution is 0.0694. The molecule has 0 aromatic heterocycles. The molecule has 6 heteroatoms. The third kappa shape index (κ3) is 3.76. The Kier molecular flexibility index (Phi) is 4.98. The summed E-state index contributed by atoms with van der Waals surface area (Å²) < 4.78 is 10.0. The van der Waals surface area contributed by atoms with Gasteiger partial charge in [-0.05, 0) is 17.7 Å². The highest BCUT2D eigenvalue weighted by Crippen LogP contribution is 2.26. The van der Waals surface area contributed by atoms with Gasteiger partial charge in [0.1, 0.15) is 17.9 Å². The summed E-state index contributed by atoms with van der Waals surface area (Å²) in [5.41, 5.74) is 0.827. The number of carboxylic acids is 1. The van der Waals surface area contributed by atoms with Crippen molar-refractivity contribution in [1.29, 1.82) is 0 Å². The van der Waals surface area contributed by atoms with Gasteiger partial charge in [-0.2, -0.15) is 0 Å². The van der Waals surface area contributed by atoms with Crippen LogP contribution in [0.25, 0.3) is 0 Å². The molecule has 0 saturated carbocycles. The fourth-order valence-corrected chi connectivity index (χ4v) is 1.90. The fourth-order valence-electron chi connectivity index (χ4n) is 1.90. The van der Waals surface area contributed by atoms with E-state index in [2.05, 4.69) is 5.32 Å². The summed E-state index contributed by atoms with van der Waals surface area (Å²) in [4.78, 5) is 23.1. The number of carboxylic acid groups (broad SMARTS) is 1. The zero-order chi connectivity index (χ0) is 15.9. The zero-order valence-electron chi connectivity index (χ0n) is 11.9. The van der Waals surface area contributed by atoms with Crippen LogP contribution in [0.15, 0.2) is 48.5 Å². The van der Waals surface area contributed by atoms with Gasteiger partial charge in [0, 0.05) is 0 Å². The minimum atomic E-state index is -1.20. The number of carbonyl (C=O) groups is 2. The molecule has 2 N–H and O–H groups in total. The Hall–Kier alpha value is -3.02. The number of benzene rings is 2. The SMILES string of the molecule is COc1cccc(NC(=O)OCc2ccccc2)c1C(=O)O. The zero-order valence-corrected chi connectivity index (χ0v) is 11.9. The molecule has 2 rings (SSSR count). The third-order valence-corrected chi connectivity index (χ3v) is 2.91. The van der Waals surface area contributed by atoms with Crippen LogP contribution in [0.1, 0.15) is 15.9 Å². The molecule has 0 bridgehead atoms. The van der Waals surface area contributed by atoms with Crippen molar-refractivity contribution >= 4 is 17.7 Å². The van der Waals surface area contributed by atoms with Crippen molar-refractivity contribution in [3.63, 3.8) is 0 Å². The van der Waals surface area contributed by atoms with Gasteiger partial charge in [-0.25, -0.2) is 9.59 Å². The van der Waals surface area contributed by atoms with E-state index in [-0.39, 0.29) is 23.6 Å². The number of hydrogen-bond acceptors (Lipinski definition) is 4. The van der Waals surface area contributed by atoms with Crippen LogP contribution in [-0.4, -0.2) is 24.3 Å². The first-order chi connectivity index (χ1) is 10.6. The van der Waals surface area contributed by atoms with E-state index >= 15 is 0 Å². The van der Waals surface area contributed by atoms with E-state index in [1.165, 1.54) is 19.2 Å². The van der Waals surface area contributed by atoms with Crippen LogP contribution in [0, 0.1) is 0 Å². The van der Waals surface area contributed by atoms with E-state index in [0.29, 0.717) is 0 Å². The van der Waals surface area contributed by atoms with Gasteiger partial charge >= 0.3 is 12.1 Å². The molecular weight excluding hydrogens is 286 g/mol.